The van der Waals surface area contributed by atoms with E-state index in [9.17, 15) is 14.4 Å². The minimum Gasteiger partial charge on any atom is -0.496 e. The van der Waals surface area contributed by atoms with Crippen molar-refractivity contribution in [3.05, 3.63) is 83.4 Å². The van der Waals surface area contributed by atoms with E-state index in [-0.39, 0.29) is 12.0 Å². The van der Waals surface area contributed by atoms with Gasteiger partial charge in [0.15, 0.2) is 0 Å². The van der Waals surface area contributed by atoms with Crippen LogP contribution in [0.5, 0.6) is 5.75 Å². The summed E-state index contributed by atoms with van der Waals surface area (Å²) in [6.45, 7) is 4.34. The summed E-state index contributed by atoms with van der Waals surface area (Å²) in [6, 6.07) is 20.7. The van der Waals surface area contributed by atoms with Crippen molar-refractivity contribution in [2.24, 2.45) is 0 Å². The van der Waals surface area contributed by atoms with Gasteiger partial charge in [-0.25, -0.2) is 9.59 Å². The number of esters is 1. The summed E-state index contributed by atoms with van der Waals surface area (Å²) < 4.78 is 15.9. The third-order valence-electron chi connectivity index (χ3n) is 7.03. The van der Waals surface area contributed by atoms with Gasteiger partial charge >= 0.3 is 12.1 Å². The van der Waals surface area contributed by atoms with E-state index in [2.05, 4.69) is 15.5 Å². The second kappa shape index (κ2) is 13.6. The molecule has 1 saturated heterocycles. The summed E-state index contributed by atoms with van der Waals surface area (Å²) >= 11 is 0. The first kappa shape index (κ1) is 28.6. The zero-order chi connectivity index (χ0) is 28.5. The molecule has 1 aliphatic heterocycles. The highest BCUT2D eigenvalue weighted by Gasteiger charge is 2.24. The number of amides is 2. The standard InChI is InChI=1S/C31H35N3O6/c1-21-24(30(36)39-3)13-14-26(28(21)38-2)29(35)32-17-20-34-18-15-23(16-19-34)40-31(37)33-27-12-8-7-11-25(27)22-9-5-4-6-10-22/h4-14,23H,15-20H2,1-3H3,(H,32,35)(H,33,37). The summed E-state index contributed by atoms with van der Waals surface area (Å²) in [6.07, 6.45) is 0.791. The predicted octanol–water partition coefficient (Wildman–Crippen LogP) is 4.90. The Morgan fingerprint density at radius 2 is 1.57 bits per heavy atom. The summed E-state index contributed by atoms with van der Waals surface area (Å²) in [5.41, 5.74) is 3.93. The van der Waals surface area contributed by atoms with Crippen LogP contribution < -0.4 is 15.4 Å². The number of nitrogens with one attached hydrogen (secondary N) is 2. The van der Waals surface area contributed by atoms with Crippen LogP contribution in [-0.2, 0) is 9.47 Å². The molecule has 0 atom stereocenters. The number of carbonyl (C=O) groups is 3. The van der Waals surface area contributed by atoms with Crippen LogP contribution in [0.2, 0.25) is 0 Å². The molecule has 2 N–H and O–H groups in total. The largest absolute Gasteiger partial charge is 0.496 e. The number of nitrogens with zero attached hydrogens (tertiary/aromatic N) is 1. The number of methoxy groups -OCH3 is 2. The van der Waals surface area contributed by atoms with Gasteiger partial charge in [0.2, 0.25) is 0 Å². The Morgan fingerprint density at radius 1 is 0.900 bits per heavy atom. The Bertz CT molecular complexity index is 1340. The number of benzene rings is 3. The fraction of sp³-hybridized carbons (Fsp3) is 0.323. The maximum atomic E-state index is 12.8. The quantitative estimate of drug-likeness (QED) is 0.369. The van der Waals surface area contributed by atoms with Crippen molar-refractivity contribution >= 4 is 23.7 Å². The topological polar surface area (TPSA) is 106 Å². The molecule has 0 bridgehead atoms. The molecule has 1 heterocycles. The van der Waals surface area contributed by atoms with E-state index in [1.54, 1.807) is 19.1 Å². The molecule has 40 heavy (non-hydrogen) atoms. The average molecular weight is 546 g/mol. The maximum Gasteiger partial charge on any atom is 0.411 e. The number of rotatable bonds is 9. The van der Waals surface area contributed by atoms with E-state index in [0.29, 0.717) is 54.1 Å². The number of piperidine rings is 1. The fourth-order valence-corrected chi connectivity index (χ4v) is 4.89. The Kier molecular flexibility index (Phi) is 9.75. The molecule has 1 fully saturated rings. The van der Waals surface area contributed by atoms with Crippen molar-refractivity contribution in [1.29, 1.82) is 0 Å². The molecule has 9 nitrogen and oxygen atoms in total. The fourth-order valence-electron chi connectivity index (χ4n) is 4.89. The van der Waals surface area contributed by atoms with Crippen LogP contribution in [0.4, 0.5) is 10.5 Å². The van der Waals surface area contributed by atoms with Crippen LogP contribution in [0, 0.1) is 6.92 Å². The number of likely N-dealkylation sites (tertiary alicyclic amines) is 1. The number of ether oxygens (including phenoxy) is 3. The molecule has 0 aromatic heterocycles. The summed E-state index contributed by atoms with van der Waals surface area (Å²) in [5, 5.41) is 5.83. The van der Waals surface area contributed by atoms with Crippen molar-refractivity contribution < 1.29 is 28.6 Å². The highest BCUT2D eigenvalue weighted by Crippen LogP contribution is 2.29. The first-order chi connectivity index (χ1) is 19.4. The van der Waals surface area contributed by atoms with E-state index < -0.39 is 12.1 Å². The molecule has 4 rings (SSSR count). The van der Waals surface area contributed by atoms with Crippen molar-refractivity contribution in [3.63, 3.8) is 0 Å². The van der Waals surface area contributed by atoms with E-state index >= 15 is 0 Å². The van der Waals surface area contributed by atoms with Gasteiger partial charge in [0, 0.05) is 37.3 Å². The van der Waals surface area contributed by atoms with Gasteiger partial charge in [-0.3, -0.25) is 10.1 Å². The molecule has 0 radical (unpaired) electrons. The molecular formula is C31H35N3O6. The van der Waals surface area contributed by atoms with Crippen molar-refractivity contribution in [2.45, 2.75) is 25.9 Å². The third kappa shape index (κ3) is 6.98. The zero-order valence-electron chi connectivity index (χ0n) is 23.1. The van der Waals surface area contributed by atoms with E-state index in [0.717, 1.165) is 24.2 Å². The third-order valence-corrected chi connectivity index (χ3v) is 7.03. The molecule has 2 amide bonds. The normalized spacial score (nSPS) is 13.8. The minimum atomic E-state index is -0.482. The Morgan fingerprint density at radius 3 is 2.27 bits per heavy atom. The highest BCUT2D eigenvalue weighted by atomic mass is 16.6. The van der Waals surface area contributed by atoms with Crippen LogP contribution in [0.1, 0.15) is 39.1 Å². The lowest BCUT2D eigenvalue weighted by atomic mass is 10.0. The number of hydrogen-bond acceptors (Lipinski definition) is 7. The van der Waals surface area contributed by atoms with Crippen molar-refractivity contribution in [2.75, 3.05) is 45.7 Å². The Balaban J connectivity index is 1.22. The van der Waals surface area contributed by atoms with Gasteiger partial charge in [-0.05, 0) is 43.5 Å². The summed E-state index contributed by atoms with van der Waals surface area (Å²) in [7, 11) is 2.78. The first-order valence-electron chi connectivity index (χ1n) is 13.3. The average Bonchev–Trinajstić information content (AvgIpc) is 2.98. The lowest BCUT2D eigenvalue weighted by Crippen LogP contribution is -2.42. The molecule has 1 aliphatic rings. The first-order valence-corrected chi connectivity index (χ1v) is 13.3. The van der Waals surface area contributed by atoms with Gasteiger partial charge in [-0.2, -0.15) is 0 Å². The van der Waals surface area contributed by atoms with E-state index in [1.807, 2.05) is 54.6 Å². The van der Waals surface area contributed by atoms with Gasteiger partial charge in [0.1, 0.15) is 11.9 Å². The Labute approximate surface area is 234 Å². The van der Waals surface area contributed by atoms with Gasteiger partial charge in [-0.15, -0.1) is 0 Å². The summed E-state index contributed by atoms with van der Waals surface area (Å²) in [4.78, 5) is 39.6. The van der Waals surface area contributed by atoms with Gasteiger partial charge in [0.25, 0.3) is 5.91 Å². The van der Waals surface area contributed by atoms with E-state index in [1.165, 1.54) is 14.2 Å². The molecule has 0 saturated carbocycles. The second-order valence-electron chi connectivity index (χ2n) is 9.55. The Hall–Kier alpha value is -4.37. The van der Waals surface area contributed by atoms with E-state index in [4.69, 9.17) is 14.2 Å². The molecule has 0 spiro atoms. The SMILES string of the molecule is COC(=O)c1ccc(C(=O)NCCN2CCC(OC(=O)Nc3ccccc3-c3ccccc3)CC2)c(OC)c1C. The van der Waals surface area contributed by atoms with Crippen LogP contribution in [-0.4, -0.2) is 69.4 Å². The molecule has 3 aromatic carbocycles. The monoisotopic (exact) mass is 545 g/mol. The number of carbonyl (C=O) groups excluding carboxylic acids is 3. The van der Waals surface area contributed by atoms with Crippen molar-refractivity contribution in [3.8, 4) is 16.9 Å². The molecule has 0 unspecified atom stereocenters. The van der Waals surface area contributed by atoms with Gasteiger partial charge in [0.05, 0.1) is 31.0 Å². The lowest BCUT2D eigenvalue weighted by molar-refractivity contribution is 0.0586. The zero-order valence-corrected chi connectivity index (χ0v) is 23.1. The van der Waals surface area contributed by atoms with Gasteiger partial charge < -0.3 is 24.4 Å². The number of anilines is 1. The molecular weight excluding hydrogens is 510 g/mol. The molecule has 210 valence electrons. The highest BCUT2D eigenvalue weighted by molar-refractivity contribution is 6.00. The molecule has 3 aromatic rings. The molecule has 0 aliphatic carbocycles. The smallest absolute Gasteiger partial charge is 0.411 e. The lowest BCUT2D eigenvalue weighted by Gasteiger charge is -2.31. The predicted molar refractivity (Wildman–Crippen MR) is 153 cm³/mol. The number of para-hydroxylation sites is 1. The second-order valence-corrected chi connectivity index (χ2v) is 9.55. The van der Waals surface area contributed by atoms with Crippen LogP contribution in [0.3, 0.4) is 0 Å². The minimum absolute atomic E-state index is 0.171. The number of hydrogen-bond donors (Lipinski definition) is 2. The van der Waals surface area contributed by atoms with Crippen LogP contribution >= 0.6 is 0 Å². The van der Waals surface area contributed by atoms with Crippen LogP contribution in [0.15, 0.2) is 66.7 Å². The van der Waals surface area contributed by atoms with Crippen molar-refractivity contribution in [1.82, 2.24) is 10.2 Å². The maximum absolute atomic E-state index is 12.8. The van der Waals surface area contributed by atoms with Crippen LogP contribution in [0.25, 0.3) is 11.1 Å². The summed E-state index contributed by atoms with van der Waals surface area (Å²) in [5.74, 6) is -0.408. The van der Waals surface area contributed by atoms with Gasteiger partial charge in [-0.1, -0.05) is 48.5 Å². The molecule has 9 heteroatoms.